The Hall–Kier alpha value is -2.99. The Kier molecular flexibility index (Phi) is 11.7. The van der Waals surface area contributed by atoms with Crippen molar-refractivity contribution in [1.29, 1.82) is 5.26 Å². The molecule has 9 heteroatoms. The fraction of sp³-hybridized carbons (Fsp3) is 0.640. The molecule has 0 bridgehead atoms. The van der Waals surface area contributed by atoms with Crippen molar-refractivity contribution < 1.29 is 24.2 Å². The molecule has 0 saturated heterocycles. The molecule has 34 heavy (non-hydrogen) atoms. The second-order valence-electron chi connectivity index (χ2n) is 9.86. The number of ether oxygens (including phenoxy) is 1. The minimum absolute atomic E-state index is 0.00215. The summed E-state index contributed by atoms with van der Waals surface area (Å²) < 4.78 is 6.49. The number of nitrogens with zero attached hydrogens (tertiary/aromatic N) is 2. The van der Waals surface area contributed by atoms with Crippen LogP contribution >= 0.6 is 0 Å². The van der Waals surface area contributed by atoms with Crippen molar-refractivity contribution in [3.63, 3.8) is 0 Å². The van der Waals surface area contributed by atoms with Crippen molar-refractivity contribution in [3.05, 3.63) is 34.2 Å². The number of carbonyl (C=O) groups is 3. The highest BCUT2D eigenvalue weighted by molar-refractivity contribution is 5.89. The van der Waals surface area contributed by atoms with E-state index in [-0.39, 0.29) is 37.2 Å². The van der Waals surface area contributed by atoms with Crippen LogP contribution in [0.4, 0.5) is 4.79 Å². The minimum Gasteiger partial charge on any atom is -0.444 e. The molecule has 2 N–H and O–H groups in total. The highest BCUT2D eigenvalue weighted by atomic mass is 16.6. The molecular formula is C25H37N3O6. The number of nitriles is 1. The van der Waals surface area contributed by atoms with E-state index in [0.29, 0.717) is 12.3 Å². The monoisotopic (exact) mass is 475 g/mol. The Labute approximate surface area is 201 Å². The van der Waals surface area contributed by atoms with Gasteiger partial charge in [0.1, 0.15) is 11.7 Å². The van der Waals surface area contributed by atoms with Gasteiger partial charge in [-0.2, -0.15) is 5.26 Å². The summed E-state index contributed by atoms with van der Waals surface area (Å²) in [7, 11) is 0. The number of ketones is 2. The Morgan fingerprint density at radius 3 is 2.47 bits per heavy atom. The first-order valence-electron chi connectivity index (χ1n) is 11.6. The molecule has 1 rings (SSSR count). The van der Waals surface area contributed by atoms with Crippen LogP contribution in [-0.2, 0) is 27.3 Å². The van der Waals surface area contributed by atoms with E-state index in [1.54, 1.807) is 32.9 Å². The summed E-state index contributed by atoms with van der Waals surface area (Å²) >= 11 is 0. The zero-order valence-electron chi connectivity index (χ0n) is 20.8. The van der Waals surface area contributed by atoms with Crippen LogP contribution in [0.2, 0.25) is 0 Å². The van der Waals surface area contributed by atoms with Gasteiger partial charge < -0.3 is 19.7 Å². The average Bonchev–Trinajstić information content (AvgIpc) is 2.71. The molecule has 1 aromatic rings. The summed E-state index contributed by atoms with van der Waals surface area (Å²) in [6.45, 7) is 9.15. The number of pyridine rings is 1. The fourth-order valence-electron chi connectivity index (χ4n) is 3.29. The molecule has 1 unspecified atom stereocenters. The molecule has 1 aromatic heterocycles. The molecule has 0 radical (unpaired) electrons. The van der Waals surface area contributed by atoms with Crippen LogP contribution in [0.15, 0.2) is 23.1 Å². The Morgan fingerprint density at radius 1 is 1.21 bits per heavy atom. The number of aromatic nitrogens is 1. The third kappa shape index (κ3) is 11.2. The molecule has 1 heterocycles. The predicted molar refractivity (Wildman–Crippen MR) is 127 cm³/mol. The lowest BCUT2D eigenvalue weighted by molar-refractivity contribution is -0.121. The van der Waals surface area contributed by atoms with Gasteiger partial charge in [0, 0.05) is 24.6 Å². The lowest BCUT2D eigenvalue weighted by atomic mass is 9.99. The topological polar surface area (TPSA) is 138 Å². The van der Waals surface area contributed by atoms with Crippen LogP contribution in [0.5, 0.6) is 0 Å². The fourth-order valence-corrected chi connectivity index (χ4v) is 3.29. The smallest absolute Gasteiger partial charge is 0.408 e. The van der Waals surface area contributed by atoms with E-state index >= 15 is 0 Å². The van der Waals surface area contributed by atoms with Crippen LogP contribution < -0.4 is 10.9 Å². The minimum atomic E-state index is -1.29. The Balaban J connectivity index is 2.92. The van der Waals surface area contributed by atoms with Gasteiger partial charge in [-0.25, -0.2) is 4.79 Å². The van der Waals surface area contributed by atoms with Crippen LogP contribution in [0.3, 0.4) is 0 Å². The maximum absolute atomic E-state index is 13.0. The summed E-state index contributed by atoms with van der Waals surface area (Å²) in [4.78, 5) is 50.2. The number of aliphatic hydroxyl groups excluding tert-OH is 1. The van der Waals surface area contributed by atoms with E-state index < -0.39 is 35.2 Å². The van der Waals surface area contributed by atoms with Crippen LogP contribution in [0.1, 0.15) is 72.3 Å². The van der Waals surface area contributed by atoms with E-state index in [4.69, 9.17) is 10.00 Å². The van der Waals surface area contributed by atoms with Gasteiger partial charge in [0.2, 0.25) is 0 Å². The number of alkyl carbamates (subject to hydrolysis) is 1. The van der Waals surface area contributed by atoms with Gasteiger partial charge in [-0.15, -0.1) is 0 Å². The molecule has 0 aliphatic carbocycles. The quantitative estimate of drug-likeness (QED) is 0.418. The van der Waals surface area contributed by atoms with Crippen LogP contribution in [0.25, 0.3) is 0 Å². The largest absolute Gasteiger partial charge is 0.444 e. The zero-order valence-corrected chi connectivity index (χ0v) is 20.8. The van der Waals surface area contributed by atoms with E-state index in [2.05, 4.69) is 19.2 Å². The second kappa shape index (κ2) is 13.7. The molecule has 0 spiro atoms. The Morgan fingerprint density at radius 2 is 1.88 bits per heavy atom. The molecule has 0 saturated carbocycles. The summed E-state index contributed by atoms with van der Waals surface area (Å²) in [6, 6.07) is 3.73. The first kappa shape index (κ1) is 29.0. The van der Waals surface area contributed by atoms with E-state index in [1.807, 2.05) is 0 Å². The van der Waals surface area contributed by atoms with Crippen LogP contribution in [-0.4, -0.2) is 45.1 Å². The van der Waals surface area contributed by atoms with Gasteiger partial charge >= 0.3 is 6.09 Å². The molecular weight excluding hydrogens is 438 g/mol. The number of rotatable bonds is 13. The molecule has 2 atom stereocenters. The van der Waals surface area contributed by atoms with Gasteiger partial charge in [0.25, 0.3) is 5.56 Å². The summed E-state index contributed by atoms with van der Waals surface area (Å²) in [5.74, 6) is -0.0170. The predicted octanol–water partition coefficient (Wildman–Crippen LogP) is 2.91. The molecule has 9 nitrogen and oxygen atoms in total. The third-order valence-electron chi connectivity index (χ3n) is 5.00. The highest BCUT2D eigenvalue weighted by Gasteiger charge is 2.26. The van der Waals surface area contributed by atoms with Gasteiger partial charge in [0.05, 0.1) is 18.7 Å². The molecule has 0 aromatic carbocycles. The van der Waals surface area contributed by atoms with Crippen molar-refractivity contribution in [1.82, 2.24) is 9.88 Å². The van der Waals surface area contributed by atoms with Crippen molar-refractivity contribution in [2.45, 2.75) is 97.4 Å². The van der Waals surface area contributed by atoms with Gasteiger partial charge in [-0.3, -0.25) is 14.4 Å². The SMILES string of the molecule is CC(C)CCCC(=O)Cn1cccc(CC(=O)[C@H](CCC(O)C#N)NC(=O)OC(C)(C)C)c1=O. The highest BCUT2D eigenvalue weighted by Crippen LogP contribution is 2.11. The summed E-state index contributed by atoms with van der Waals surface area (Å²) in [5.41, 5.74) is -1.03. The van der Waals surface area contributed by atoms with Crippen molar-refractivity contribution in [3.8, 4) is 6.07 Å². The first-order chi connectivity index (χ1) is 15.8. The van der Waals surface area contributed by atoms with Gasteiger partial charge in [0.15, 0.2) is 11.6 Å². The summed E-state index contributed by atoms with van der Waals surface area (Å²) in [6.07, 6.45) is 1.19. The van der Waals surface area contributed by atoms with Gasteiger partial charge in [-0.05, 0) is 52.0 Å². The van der Waals surface area contributed by atoms with Gasteiger partial charge in [-0.1, -0.05) is 26.3 Å². The number of aliphatic hydroxyl groups is 1. The number of amides is 1. The zero-order chi connectivity index (χ0) is 25.9. The number of hydrogen-bond acceptors (Lipinski definition) is 7. The third-order valence-corrected chi connectivity index (χ3v) is 5.00. The standard InChI is InChI=1S/C25H37N3O6/c1-17(2)8-6-10-20(30)16-28-13-7-9-18(23(28)32)14-22(31)21(12-11-19(29)15-26)27-24(33)34-25(3,4)5/h7,9,13,17,19,21,29H,6,8,10-12,14,16H2,1-5H3,(H,27,33)/t19?,21-/m0/s1. The Bertz CT molecular complexity index is 939. The maximum atomic E-state index is 13.0. The number of carbonyl (C=O) groups excluding carboxylic acids is 3. The van der Waals surface area contributed by atoms with Crippen LogP contribution in [0, 0.1) is 17.2 Å². The molecule has 0 aliphatic heterocycles. The lowest BCUT2D eigenvalue weighted by Crippen LogP contribution is -2.45. The molecule has 188 valence electrons. The molecule has 1 amide bonds. The number of Topliss-reactive ketones (excluding diaryl/α,β-unsaturated/α-hetero) is 2. The molecule has 0 fully saturated rings. The van der Waals surface area contributed by atoms with Crippen molar-refractivity contribution in [2.24, 2.45) is 5.92 Å². The van der Waals surface area contributed by atoms with E-state index in [0.717, 1.165) is 12.8 Å². The number of hydrogen-bond donors (Lipinski definition) is 2. The maximum Gasteiger partial charge on any atom is 0.408 e. The average molecular weight is 476 g/mol. The molecule has 0 aliphatic rings. The lowest BCUT2D eigenvalue weighted by Gasteiger charge is -2.23. The van der Waals surface area contributed by atoms with E-state index in [9.17, 15) is 24.3 Å². The summed E-state index contributed by atoms with van der Waals surface area (Å²) in [5, 5.41) is 20.8. The number of nitrogens with one attached hydrogen (secondary N) is 1. The van der Waals surface area contributed by atoms with Crippen molar-refractivity contribution >= 4 is 17.7 Å². The first-order valence-corrected chi connectivity index (χ1v) is 11.6. The normalized spacial score (nSPS) is 13.1. The van der Waals surface area contributed by atoms with Crippen molar-refractivity contribution in [2.75, 3.05) is 0 Å². The van der Waals surface area contributed by atoms with E-state index in [1.165, 1.54) is 16.8 Å². The second-order valence-corrected chi connectivity index (χ2v) is 9.86.